The largest absolute Gasteiger partial charge is 0.433 e. The maximum Gasteiger partial charge on any atom is 0.433 e. The molecular formula is C13H16F3N3S. The fourth-order valence-corrected chi connectivity index (χ4v) is 2.56. The third kappa shape index (κ3) is 3.03. The zero-order chi connectivity index (χ0) is 14.9. The van der Waals surface area contributed by atoms with Crippen molar-refractivity contribution in [1.29, 1.82) is 0 Å². The molecule has 1 aliphatic rings. The van der Waals surface area contributed by atoms with Crippen molar-refractivity contribution < 1.29 is 13.2 Å². The Hall–Kier alpha value is -1.37. The smallest absolute Gasteiger partial charge is 0.389 e. The van der Waals surface area contributed by atoms with Crippen LogP contribution in [0.15, 0.2) is 12.1 Å². The van der Waals surface area contributed by atoms with Gasteiger partial charge in [0.05, 0.1) is 5.56 Å². The second kappa shape index (κ2) is 5.55. The van der Waals surface area contributed by atoms with Gasteiger partial charge in [-0.15, -0.1) is 0 Å². The standard InChI is InChI=1S/C13H16F3N3S/c1-2-8-5-6-19(7-8)12-9(11(17)20)3-4-10(18-12)13(14,15)16/h3-4,8H,2,5-7H2,1H3,(H2,17,20). The molecule has 1 fully saturated rings. The topological polar surface area (TPSA) is 42.2 Å². The van der Waals surface area contributed by atoms with E-state index in [1.807, 2.05) is 4.90 Å². The lowest BCUT2D eigenvalue weighted by atomic mass is 10.1. The summed E-state index contributed by atoms with van der Waals surface area (Å²) in [5.41, 5.74) is 5.09. The molecule has 0 amide bonds. The van der Waals surface area contributed by atoms with Gasteiger partial charge in [0.1, 0.15) is 16.5 Å². The molecule has 0 aliphatic carbocycles. The lowest BCUT2D eigenvalue weighted by molar-refractivity contribution is -0.141. The number of nitrogens with two attached hydrogens (primary N) is 1. The highest BCUT2D eigenvalue weighted by Crippen LogP contribution is 2.32. The van der Waals surface area contributed by atoms with Gasteiger partial charge in [0.25, 0.3) is 0 Å². The summed E-state index contributed by atoms with van der Waals surface area (Å²) in [6.45, 7) is 3.45. The Morgan fingerprint density at radius 3 is 2.70 bits per heavy atom. The van der Waals surface area contributed by atoms with Crippen molar-refractivity contribution in [3.05, 3.63) is 23.4 Å². The van der Waals surface area contributed by atoms with Crippen molar-refractivity contribution in [2.24, 2.45) is 11.7 Å². The minimum atomic E-state index is -4.46. The van der Waals surface area contributed by atoms with Crippen LogP contribution in [0.25, 0.3) is 0 Å². The van der Waals surface area contributed by atoms with Crippen LogP contribution < -0.4 is 10.6 Å². The van der Waals surface area contributed by atoms with Gasteiger partial charge in [-0.1, -0.05) is 25.6 Å². The number of anilines is 1. The molecule has 2 rings (SSSR count). The molecule has 1 aromatic heterocycles. The molecule has 1 aromatic rings. The van der Waals surface area contributed by atoms with Crippen LogP contribution in [-0.2, 0) is 6.18 Å². The predicted molar refractivity (Wildman–Crippen MR) is 75.7 cm³/mol. The first kappa shape index (κ1) is 15.0. The van der Waals surface area contributed by atoms with E-state index >= 15 is 0 Å². The van der Waals surface area contributed by atoms with Crippen molar-refractivity contribution in [2.45, 2.75) is 25.9 Å². The van der Waals surface area contributed by atoms with Crippen LogP contribution in [0.3, 0.4) is 0 Å². The zero-order valence-corrected chi connectivity index (χ0v) is 11.9. The Bertz CT molecular complexity index is 516. The Morgan fingerprint density at radius 1 is 1.50 bits per heavy atom. The Labute approximate surface area is 121 Å². The van der Waals surface area contributed by atoms with Gasteiger partial charge in [0.15, 0.2) is 0 Å². The Balaban J connectivity index is 2.40. The molecule has 2 heterocycles. The summed E-state index contributed by atoms with van der Waals surface area (Å²) in [6.07, 6.45) is -2.52. The first-order valence-electron chi connectivity index (χ1n) is 6.46. The van der Waals surface area contributed by atoms with E-state index in [1.54, 1.807) is 0 Å². The summed E-state index contributed by atoms with van der Waals surface area (Å²) in [5, 5.41) is 0. The van der Waals surface area contributed by atoms with Gasteiger partial charge in [-0.2, -0.15) is 13.2 Å². The van der Waals surface area contributed by atoms with Crippen molar-refractivity contribution in [3.8, 4) is 0 Å². The molecule has 1 aliphatic heterocycles. The molecule has 1 saturated heterocycles. The molecule has 20 heavy (non-hydrogen) atoms. The zero-order valence-electron chi connectivity index (χ0n) is 11.1. The number of pyridine rings is 1. The SMILES string of the molecule is CCC1CCN(c2nc(C(F)(F)F)ccc2C(N)=S)C1. The molecule has 0 bridgehead atoms. The number of thiocarbonyl (C=S) groups is 1. The minimum absolute atomic E-state index is 0.0705. The van der Waals surface area contributed by atoms with E-state index in [0.29, 0.717) is 24.6 Å². The third-order valence-electron chi connectivity index (χ3n) is 3.59. The molecular weight excluding hydrogens is 287 g/mol. The van der Waals surface area contributed by atoms with E-state index in [-0.39, 0.29) is 10.8 Å². The summed E-state index contributed by atoms with van der Waals surface area (Å²) in [6, 6.07) is 2.23. The minimum Gasteiger partial charge on any atom is -0.389 e. The predicted octanol–water partition coefficient (Wildman–Crippen LogP) is 2.97. The lowest BCUT2D eigenvalue weighted by Crippen LogP contribution is -2.26. The lowest BCUT2D eigenvalue weighted by Gasteiger charge is -2.21. The average Bonchev–Trinajstić information content (AvgIpc) is 2.85. The summed E-state index contributed by atoms with van der Waals surface area (Å²) in [4.78, 5) is 5.67. The van der Waals surface area contributed by atoms with E-state index in [0.717, 1.165) is 18.9 Å². The van der Waals surface area contributed by atoms with Crippen LogP contribution >= 0.6 is 12.2 Å². The van der Waals surface area contributed by atoms with E-state index in [1.165, 1.54) is 6.07 Å². The van der Waals surface area contributed by atoms with Gasteiger partial charge >= 0.3 is 6.18 Å². The highest BCUT2D eigenvalue weighted by molar-refractivity contribution is 7.80. The highest BCUT2D eigenvalue weighted by Gasteiger charge is 2.34. The third-order valence-corrected chi connectivity index (χ3v) is 3.81. The van der Waals surface area contributed by atoms with Crippen LogP contribution in [0.1, 0.15) is 31.0 Å². The fourth-order valence-electron chi connectivity index (χ4n) is 2.40. The number of nitrogens with zero attached hydrogens (tertiary/aromatic N) is 2. The molecule has 7 heteroatoms. The summed E-state index contributed by atoms with van der Waals surface area (Å²) >= 11 is 4.91. The molecule has 3 nitrogen and oxygen atoms in total. The highest BCUT2D eigenvalue weighted by atomic mass is 32.1. The van der Waals surface area contributed by atoms with Crippen molar-refractivity contribution in [3.63, 3.8) is 0 Å². The van der Waals surface area contributed by atoms with E-state index in [9.17, 15) is 13.2 Å². The Kier molecular flexibility index (Phi) is 4.17. The summed E-state index contributed by atoms with van der Waals surface area (Å²) in [7, 11) is 0. The molecule has 0 saturated carbocycles. The average molecular weight is 303 g/mol. The van der Waals surface area contributed by atoms with E-state index < -0.39 is 11.9 Å². The van der Waals surface area contributed by atoms with Crippen LogP contribution in [0.4, 0.5) is 19.0 Å². The second-order valence-corrected chi connectivity index (χ2v) is 5.38. The number of hydrogen-bond donors (Lipinski definition) is 1. The van der Waals surface area contributed by atoms with Crippen LogP contribution in [0, 0.1) is 5.92 Å². The molecule has 1 atom stereocenters. The molecule has 110 valence electrons. The summed E-state index contributed by atoms with van der Waals surface area (Å²) in [5.74, 6) is 0.730. The maximum absolute atomic E-state index is 12.8. The second-order valence-electron chi connectivity index (χ2n) is 4.94. The number of hydrogen-bond acceptors (Lipinski definition) is 3. The van der Waals surface area contributed by atoms with Gasteiger partial charge in [-0.25, -0.2) is 4.98 Å². The van der Waals surface area contributed by atoms with Crippen molar-refractivity contribution in [1.82, 2.24) is 4.98 Å². The number of alkyl halides is 3. The number of halogens is 3. The van der Waals surface area contributed by atoms with E-state index in [2.05, 4.69) is 11.9 Å². The van der Waals surface area contributed by atoms with Gasteiger partial charge in [-0.3, -0.25) is 0 Å². The fraction of sp³-hybridized carbons (Fsp3) is 0.538. The van der Waals surface area contributed by atoms with Gasteiger partial charge in [0, 0.05) is 13.1 Å². The molecule has 0 spiro atoms. The Morgan fingerprint density at radius 2 is 2.20 bits per heavy atom. The van der Waals surface area contributed by atoms with E-state index in [4.69, 9.17) is 18.0 Å². The monoisotopic (exact) mass is 303 g/mol. The molecule has 1 unspecified atom stereocenters. The van der Waals surface area contributed by atoms with Gasteiger partial charge in [0.2, 0.25) is 0 Å². The normalized spacial score (nSPS) is 19.4. The van der Waals surface area contributed by atoms with Gasteiger partial charge in [-0.05, 0) is 24.5 Å². The number of rotatable bonds is 3. The first-order valence-corrected chi connectivity index (χ1v) is 6.86. The quantitative estimate of drug-likeness (QED) is 0.872. The van der Waals surface area contributed by atoms with Gasteiger partial charge < -0.3 is 10.6 Å². The van der Waals surface area contributed by atoms with Crippen LogP contribution in [0.5, 0.6) is 0 Å². The maximum atomic E-state index is 12.8. The summed E-state index contributed by atoms with van der Waals surface area (Å²) < 4.78 is 38.4. The van der Waals surface area contributed by atoms with Crippen LogP contribution in [-0.4, -0.2) is 23.1 Å². The first-order chi connectivity index (χ1) is 9.32. The molecule has 0 radical (unpaired) electrons. The van der Waals surface area contributed by atoms with Crippen molar-refractivity contribution >= 4 is 23.0 Å². The number of aromatic nitrogens is 1. The van der Waals surface area contributed by atoms with Crippen molar-refractivity contribution in [2.75, 3.05) is 18.0 Å². The van der Waals surface area contributed by atoms with Crippen LogP contribution in [0.2, 0.25) is 0 Å². The molecule has 0 aromatic carbocycles. The molecule has 2 N–H and O–H groups in total.